The number of hydrogen-bond donors (Lipinski definition) is 1. The number of nitrogens with zero attached hydrogens (tertiary/aromatic N) is 3. The van der Waals surface area contributed by atoms with Gasteiger partial charge in [0.2, 0.25) is 5.91 Å². The van der Waals surface area contributed by atoms with Crippen LogP contribution in [0.1, 0.15) is 47.2 Å². The number of para-hydroxylation sites is 1. The third-order valence-electron chi connectivity index (χ3n) is 7.78. The maximum Gasteiger partial charge on any atom is 0.258 e. The summed E-state index contributed by atoms with van der Waals surface area (Å²) in [6.07, 6.45) is 3.15. The first-order valence-electron chi connectivity index (χ1n) is 14.9. The highest BCUT2D eigenvalue weighted by Gasteiger charge is 2.21. The van der Waals surface area contributed by atoms with E-state index in [1.54, 1.807) is 37.3 Å². The predicted molar refractivity (Wildman–Crippen MR) is 170 cm³/mol. The SMILES string of the molecule is COc1cc(C(=O)N(C)c2ccc(C)cc2OCCCCCC(=O)N2CCN(C)CC2)ccc1OCc1ccccc1N. The van der Waals surface area contributed by atoms with Crippen molar-refractivity contribution in [1.29, 1.82) is 0 Å². The van der Waals surface area contributed by atoms with Crippen molar-refractivity contribution in [3.05, 3.63) is 77.4 Å². The molecule has 0 atom stereocenters. The summed E-state index contributed by atoms with van der Waals surface area (Å²) in [4.78, 5) is 31.8. The number of methoxy groups -OCH3 is 1. The molecular weight excluding hydrogens is 544 g/mol. The van der Waals surface area contributed by atoms with Crippen molar-refractivity contribution in [3.63, 3.8) is 0 Å². The van der Waals surface area contributed by atoms with Crippen LogP contribution in [0.4, 0.5) is 11.4 Å². The van der Waals surface area contributed by atoms with E-state index in [1.807, 2.05) is 54.3 Å². The molecule has 3 aromatic carbocycles. The molecule has 1 aliphatic heterocycles. The van der Waals surface area contributed by atoms with Gasteiger partial charge in [-0.1, -0.05) is 24.3 Å². The maximum atomic E-state index is 13.5. The minimum absolute atomic E-state index is 0.201. The molecule has 0 aliphatic carbocycles. The van der Waals surface area contributed by atoms with Gasteiger partial charge in [-0.05, 0) is 75.2 Å². The van der Waals surface area contributed by atoms with Gasteiger partial charge in [0.05, 0.1) is 19.4 Å². The summed E-state index contributed by atoms with van der Waals surface area (Å²) in [6, 6.07) is 18.5. The summed E-state index contributed by atoms with van der Waals surface area (Å²) in [5.74, 6) is 1.67. The lowest BCUT2D eigenvalue weighted by Gasteiger charge is -2.32. The second-order valence-electron chi connectivity index (χ2n) is 11.0. The van der Waals surface area contributed by atoms with Gasteiger partial charge in [-0.15, -0.1) is 0 Å². The number of carbonyl (C=O) groups is 2. The first-order valence-corrected chi connectivity index (χ1v) is 14.9. The molecule has 1 saturated heterocycles. The summed E-state index contributed by atoms with van der Waals surface area (Å²) in [6.45, 7) is 6.29. The first-order chi connectivity index (χ1) is 20.8. The number of carbonyl (C=O) groups excluding carboxylic acids is 2. The Bertz CT molecular complexity index is 1390. The lowest BCUT2D eigenvalue weighted by atomic mass is 10.1. The van der Waals surface area contributed by atoms with Gasteiger partial charge in [0.25, 0.3) is 5.91 Å². The fourth-order valence-corrected chi connectivity index (χ4v) is 5.01. The molecule has 0 aromatic heterocycles. The smallest absolute Gasteiger partial charge is 0.258 e. The van der Waals surface area contributed by atoms with E-state index in [4.69, 9.17) is 19.9 Å². The Kier molecular flexibility index (Phi) is 11.3. The van der Waals surface area contributed by atoms with Gasteiger partial charge in [-0.2, -0.15) is 0 Å². The van der Waals surface area contributed by atoms with Crippen LogP contribution in [0.3, 0.4) is 0 Å². The van der Waals surface area contributed by atoms with Crippen molar-refractivity contribution < 1.29 is 23.8 Å². The first kappa shape index (κ1) is 31.7. The fourth-order valence-electron chi connectivity index (χ4n) is 5.01. The zero-order valence-electron chi connectivity index (χ0n) is 25.8. The van der Waals surface area contributed by atoms with Crippen LogP contribution in [-0.4, -0.2) is 75.6 Å². The molecule has 0 unspecified atom stereocenters. The van der Waals surface area contributed by atoms with Crippen LogP contribution in [0.25, 0.3) is 0 Å². The van der Waals surface area contributed by atoms with Crippen LogP contribution < -0.4 is 24.8 Å². The monoisotopic (exact) mass is 588 g/mol. The summed E-state index contributed by atoms with van der Waals surface area (Å²) in [5.41, 5.74) is 9.74. The van der Waals surface area contributed by atoms with E-state index in [-0.39, 0.29) is 18.4 Å². The molecule has 3 aromatic rings. The van der Waals surface area contributed by atoms with Gasteiger partial charge >= 0.3 is 0 Å². The summed E-state index contributed by atoms with van der Waals surface area (Å²) in [5, 5.41) is 0. The topological polar surface area (TPSA) is 97.6 Å². The summed E-state index contributed by atoms with van der Waals surface area (Å²) >= 11 is 0. The second-order valence-corrected chi connectivity index (χ2v) is 11.0. The molecule has 9 nitrogen and oxygen atoms in total. The van der Waals surface area contributed by atoms with E-state index < -0.39 is 0 Å². The molecule has 2 amide bonds. The van der Waals surface area contributed by atoms with Crippen LogP contribution in [0.5, 0.6) is 17.2 Å². The molecule has 1 aliphatic rings. The van der Waals surface area contributed by atoms with Crippen LogP contribution in [-0.2, 0) is 11.4 Å². The van der Waals surface area contributed by atoms with E-state index in [0.29, 0.717) is 47.2 Å². The number of benzene rings is 3. The maximum absolute atomic E-state index is 13.5. The van der Waals surface area contributed by atoms with Crippen molar-refractivity contribution in [2.75, 3.05) is 64.6 Å². The Labute approximate surface area is 255 Å². The summed E-state index contributed by atoms with van der Waals surface area (Å²) < 4.78 is 17.7. The number of hydrogen-bond acceptors (Lipinski definition) is 7. The third kappa shape index (κ3) is 8.64. The van der Waals surface area contributed by atoms with E-state index >= 15 is 0 Å². The molecule has 0 spiro atoms. The number of rotatable bonds is 13. The number of piperazine rings is 1. The van der Waals surface area contributed by atoms with Crippen molar-refractivity contribution in [3.8, 4) is 17.2 Å². The highest BCUT2D eigenvalue weighted by atomic mass is 16.5. The van der Waals surface area contributed by atoms with Gasteiger partial charge < -0.3 is 34.6 Å². The van der Waals surface area contributed by atoms with Gasteiger partial charge in [-0.25, -0.2) is 0 Å². The number of likely N-dealkylation sites (N-methyl/N-ethyl adjacent to an activating group) is 1. The van der Waals surface area contributed by atoms with Crippen molar-refractivity contribution >= 4 is 23.2 Å². The van der Waals surface area contributed by atoms with Crippen LogP contribution in [0, 0.1) is 6.92 Å². The number of amides is 2. The highest BCUT2D eigenvalue weighted by Crippen LogP contribution is 2.33. The molecule has 1 fully saturated rings. The van der Waals surface area contributed by atoms with Crippen LogP contribution >= 0.6 is 0 Å². The van der Waals surface area contributed by atoms with Crippen molar-refractivity contribution in [1.82, 2.24) is 9.80 Å². The van der Waals surface area contributed by atoms with Crippen LogP contribution in [0.2, 0.25) is 0 Å². The fraction of sp³-hybridized carbons (Fsp3) is 0.412. The quantitative estimate of drug-likeness (QED) is 0.218. The third-order valence-corrected chi connectivity index (χ3v) is 7.78. The van der Waals surface area contributed by atoms with E-state index in [2.05, 4.69) is 11.9 Å². The predicted octanol–water partition coefficient (Wildman–Crippen LogP) is 5.15. The van der Waals surface area contributed by atoms with Gasteiger partial charge in [0.15, 0.2) is 11.5 Å². The molecule has 230 valence electrons. The van der Waals surface area contributed by atoms with Crippen molar-refractivity contribution in [2.45, 2.75) is 39.2 Å². The Morgan fingerprint density at radius 2 is 1.65 bits per heavy atom. The molecule has 9 heteroatoms. The van der Waals surface area contributed by atoms with E-state index in [9.17, 15) is 9.59 Å². The molecular formula is C34H44N4O5. The Balaban J connectivity index is 1.32. The molecule has 0 saturated carbocycles. The number of unbranched alkanes of at least 4 members (excludes halogenated alkanes) is 2. The van der Waals surface area contributed by atoms with E-state index in [0.717, 1.165) is 56.6 Å². The molecule has 2 N–H and O–H groups in total. The molecule has 1 heterocycles. The Morgan fingerprint density at radius 3 is 2.40 bits per heavy atom. The lowest BCUT2D eigenvalue weighted by Crippen LogP contribution is -2.47. The average molecular weight is 589 g/mol. The molecule has 0 bridgehead atoms. The Hall–Kier alpha value is -4.24. The van der Waals surface area contributed by atoms with Crippen LogP contribution in [0.15, 0.2) is 60.7 Å². The Morgan fingerprint density at radius 1 is 0.884 bits per heavy atom. The standard InChI is InChI=1S/C34H44N4O5/c1-25-13-15-29(31(22-25)42-21-9-5-6-12-33(39)38-19-17-36(2)18-20-38)37(3)34(40)26-14-16-30(32(23-26)41-4)43-24-27-10-7-8-11-28(27)35/h7-8,10-11,13-16,22-23H,5-6,9,12,17-21,24,35H2,1-4H3. The largest absolute Gasteiger partial charge is 0.493 e. The second kappa shape index (κ2) is 15.3. The molecule has 0 radical (unpaired) electrons. The number of anilines is 2. The molecule has 43 heavy (non-hydrogen) atoms. The zero-order chi connectivity index (χ0) is 30.8. The normalized spacial score (nSPS) is 13.4. The minimum Gasteiger partial charge on any atom is -0.493 e. The number of nitrogen functional groups attached to an aromatic ring is 1. The number of ether oxygens (including phenoxy) is 3. The van der Waals surface area contributed by atoms with Gasteiger partial charge in [-0.3, -0.25) is 9.59 Å². The summed E-state index contributed by atoms with van der Waals surface area (Å²) in [7, 11) is 5.37. The average Bonchev–Trinajstić information content (AvgIpc) is 3.02. The highest BCUT2D eigenvalue weighted by molar-refractivity contribution is 6.06. The zero-order valence-corrected chi connectivity index (χ0v) is 25.8. The number of nitrogens with two attached hydrogens (primary N) is 1. The minimum atomic E-state index is -0.201. The number of aryl methyl sites for hydroxylation is 1. The van der Waals surface area contributed by atoms with Crippen molar-refractivity contribution in [2.24, 2.45) is 0 Å². The van der Waals surface area contributed by atoms with Gasteiger partial charge in [0, 0.05) is 56.5 Å². The van der Waals surface area contributed by atoms with Gasteiger partial charge in [0.1, 0.15) is 12.4 Å². The lowest BCUT2D eigenvalue weighted by molar-refractivity contribution is -0.132. The molecule has 4 rings (SSSR count). The van der Waals surface area contributed by atoms with E-state index in [1.165, 1.54) is 0 Å².